The number of halogens is 4. The molecule has 0 N–H and O–H groups in total. The predicted molar refractivity (Wildman–Crippen MR) is 136 cm³/mol. The van der Waals surface area contributed by atoms with Crippen molar-refractivity contribution in [2.45, 2.75) is 32.0 Å². The van der Waals surface area contributed by atoms with Crippen LogP contribution in [0.3, 0.4) is 0 Å². The quantitative estimate of drug-likeness (QED) is 0.246. The minimum Gasteiger partial charge on any atom is -0.342 e. The van der Waals surface area contributed by atoms with Crippen LogP contribution in [0.25, 0.3) is 22.3 Å². The van der Waals surface area contributed by atoms with Crippen molar-refractivity contribution < 1.29 is 17.7 Å². The number of alkyl halides is 3. The van der Waals surface area contributed by atoms with E-state index in [9.17, 15) is 18.0 Å². The Bertz CT molecular complexity index is 1640. The molecule has 0 radical (unpaired) electrons. The number of fused-ring (bicyclic) bond motifs is 1. The van der Waals surface area contributed by atoms with Crippen LogP contribution >= 0.6 is 11.6 Å². The highest BCUT2D eigenvalue weighted by molar-refractivity contribution is 6.30. The molecule has 0 aliphatic heterocycles. The van der Waals surface area contributed by atoms with Crippen LogP contribution in [0.1, 0.15) is 36.4 Å². The molecule has 37 heavy (non-hydrogen) atoms. The Morgan fingerprint density at radius 1 is 0.919 bits per heavy atom. The third kappa shape index (κ3) is 4.76. The fraction of sp³-hybridized carbons (Fsp3) is 0.179. The highest BCUT2D eigenvalue weighted by atomic mass is 35.5. The summed E-state index contributed by atoms with van der Waals surface area (Å²) in [6.45, 7) is 4.10. The lowest BCUT2D eigenvalue weighted by Gasteiger charge is -2.20. The van der Waals surface area contributed by atoms with Crippen LogP contribution in [0.2, 0.25) is 5.02 Å². The van der Waals surface area contributed by atoms with Crippen molar-refractivity contribution >= 4 is 22.5 Å². The zero-order chi connectivity index (χ0) is 26.4. The van der Waals surface area contributed by atoms with E-state index in [2.05, 4.69) is 10.1 Å². The number of para-hydroxylation sites is 1. The van der Waals surface area contributed by atoms with Gasteiger partial charge in [0.15, 0.2) is 0 Å². The van der Waals surface area contributed by atoms with E-state index >= 15 is 0 Å². The van der Waals surface area contributed by atoms with Crippen molar-refractivity contribution in [1.82, 2.24) is 14.7 Å². The Hall–Kier alpha value is -3.91. The zero-order valence-electron chi connectivity index (χ0n) is 19.9. The van der Waals surface area contributed by atoms with Crippen LogP contribution in [0.5, 0.6) is 0 Å². The fourth-order valence-corrected chi connectivity index (χ4v) is 4.33. The molecule has 0 aliphatic rings. The van der Waals surface area contributed by atoms with Gasteiger partial charge in [-0.1, -0.05) is 53.2 Å². The molecule has 0 unspecified atom stereocenters. The minimum atomic E-state index is -4.41. The number of aromatic nitrogens is 3. The summed E-state index contributed by atoms with van der Waals surface area (Å²) in [5, 5.41) is 5.15. The first kappa shape index (κ1) is 24.8. The summed E-state index contributed by atoms with van der Waals surface area (Å²) in [6.07, 6.45) is -2.79. The van der Waals surface area contributed by atoms with Crippen molar-refractivity contribution in [2.24, 2.45) is 0 Å². The maximum Gasteiger partial charge on any atom is 0.416 e. The number of rotatable bonds is 5. The van der Waals surface area contributed by atoms with E-state index in [1.54, 1.807) is 47.2 Å². The molecule has 9 heteroatoms. The van der Waals surface area contributed by atoms with Gasteiger partial charge in [0.05, 0.1) is 22.1 Å². The van der Waals surface area contributed by atoms with Crippen molar-refractivity contribution in [3.05, 3.63) is 117 Å². The summed E-state index contributed by atoms with van der Waals surface area (Å²) in [4.78, 5) is 17.9. The van der Waals surface area contributed by atoms with Gasteiger partial charge < -0.3 is 9.09 Å². The Kier molecular flexibility index (Phi) is 6.15. The number of pyridine rings is 1. The van der Waals surface area contributed by atoms with Gasteiger partial charge in [0.1, 0.15) is 0 Å². The van der Waals surface area contributed by atoms with Crippen molar-refractivity contribution in [3.8, 4) is 11.4 Å². The standard InChI is InChI=1S/C28H21ClF3N3O2/c1-27(2,18-11-13-20(29)14-12-18)26-33-25(34-37-26)22-16-35(23-6-4-3-5-21(23)24(22)36)15-17-7-9-19(10-8-17)28(30,31)32/h3-14,16H,15H2,1-2H3. The first-order valence-electron chi connectivity index (χ1n) is 11.4. The van der Waals surface area contributed by atoms with Gasteiger partial charge in [-0.15, -0.1) is 0 Å². The second-order valence-electron chi connectivity index (χ2n) is 9.27. The Balaban J connectivity index is 1.56. The molecule has 5 nitrogen and oxygen atoms in total. The van der Waals surface area contributed by atoms with Gasteiger partial charge in [-0.25, -0.2) is 0 Å². The number of hydrogen-bond acceptors (Lipinski definition) is 4. The summed E-state index contributed by atoms with van der Waals surface area (Å²) in [6, 6.07) is 19.3. The predicted octanol–water partition coefficient (Wildman–Crippen LogP) is 7.10. The molecule has 0 aliphatic carbocycles. The number of nitrogens with zero attached hydrogens (tertiary/aromatic N) is 3. The van der Waals surface area contributed by atoms with Crippen molar-refractivity contribution in [3.63, 3.8) is 0 Å². The van der Waals surface area contributed by atoms with Crippen LogP contribution in [-0.2, 0) is 18.1 Å². The lowest BCUT2D eigenvalue weighted by Crippen LogP contribution is -2.19. The van der Waals surface area contributed by atoms with E-state index in [4.69, 9.17) is 16.1 Å². The highest BCUT2D eigenvalue weighted by Crippen LogP contribution is 2.32. The van der Waals surface area contributed by atoms with Gasteiger partial charge in [-0.2, -0.15) is 18.2 Å². The lowest BCUT2D eigenvalue weighted by atomic mass is 9.84. The van der Waals surface area contributed by atoms with Crippen LogP contribution < -0.4 is 5.43 Å². The number of hydrogen-bond donors (Lipinski definition) is 0. The molecule has 2 aromatic heterocycles. The van der Waals surface area contributed by atoms with Gasteiger partial charge in [0.25, 0.3) is 0 Å². The minimum absolute atomic E-state index is 0.133. The van der Waals surface area contributed by atoms with Gasteiger partial charge in [0.2, 0.25) is 17.1 Å². The van der Waals surface area contributed by atoms with Gasteiger partial charge in [-0.05, 0) is 61.4 Å². The monoisotopic (exact) mass is 523 g/mol. The fourth-order valence-electron chi connectivity index (χ4n) is 4.21. The maximum absolute atomic E-state index is 13.4. The molecule has 0 saturated carbocycles. The van der Waals surface area contributed by atoms with Crippen LogP contribution in [0.4, 0.5) is 13.2 Å². The summed E-state index contributed by atoms with van der Waals surface area (Å²) >= 11 is 6.02. The molecule has 0 amide bonds. The molecule has 0 saturated heterocycles. The lowest BCUT2D eigenvalue weighted by molar-refractivity contribution is -0.137. The van der Waals surface area contributed by atoms with Crippen molar-refractivity contribution in [2.75, 3.05) is 0 Å². The molecular formula is C28H21ClF3N3O2. The zero-order valence-corrected chi connectivity index (χ0v) is 20.6. The molecular weight excluding hydrogens is 503 g/mol. The average Bonchev–Trinajstić information content (AvgIpc) is 3.37. The normalized spacial score (nSPS) is 12.3. The molecule has 188 valence electrons. The molecule has 5 aromatic rings. The summed E-state index contributed by atoms with van der Waals surface area (Å²) in [5.74, 6) is 0.459. The van der Waals surface area contributed by atoms with Crippen LogP contribution in [-0.4, -0.2) is 14.7 Å². The molecule has 5 rings (SSSR count). The Labute approximate surface area is 215 Å². The SMILES string of the molecule is CC(C)(c1ccc(Cl)cc1)c1nc(-c2cn(Cc3ccc(C(F)(F)F)cc3)c3ccccc3c2=O)no1. The highest BCUT2D eigenvalue weighted by Gasteiger charge is 2.31. The van der Waals surface area contributed by atoms with Gasteiger partial charge >= 0.3 is 6.18 Å². The molecule has 0 atom stereocenters. The second kappa shape index (κ2) is 9.19. The second-order valence-corrected chi connectivity index (χ2v) is 9.70. The molecule has 0 spiro atoms. The third-order valence-electron chi connectivity index (χ3n) is 6.39. The molecule has 3 aromatic carbocycles. The smallest absolute Gasteiger partial charge is 0.342 e. The van der Waals surface area contributed by atoms with Gasteiger partial charge in [0, 0.05) is 23.2 Å². The molecule has 0 fully saturated rings. The van der Waals surface area contributed by atoms with E-state index in [1.807, 2.05) is 26.0 Å². The largest absolute Gasteiger partial charge is 0.416 e. The number of benzene rings is 3. The average molecular weight is 524 g/mol. The van der Waals surface area contributed by atoms with Gasteiger partial charge in [-0.3, -0.25) is 4.79 Å². The summed E-state index contributed by atoms with van der Waals surface area (Å²) in [5.41, 5.74) is 0.788. The van der Waals surface area contributed by atoms with E-state index < -0.39 is 17.2 Å². The van der Waals surface area contributed by atoms with E-state index in [-0.39, 0.29) is 23.4 Å². The Morgan fingerprint density at radius 2 is 1.57 bits per heavy atom. The summed E-state index contributed by atoms with van der Waals surface area (Å²) < 4.78 is 46.3. The van der Waals surface area contributed by atoms with E-state index in [1.165, 1.54) is 12.1 Å². The topological polar surface area (TPSA) is 60.9 Å². The molecule has 0 bridgehead atoms. The summed E-state index contributed by atoms with van der Waals surface area (Å²) in [7, 11) is 0. The van der Waals surface area contributed by atoms with E-state index in [0.29, 0.717) is 27.4 Å². The van der Waals surface area contributed by atoms with Crippen molar-refractivity contribution in [1.29, 1.82) is 0 Å². The third-order valence-corrected chi connectivity index (χ3v) is 6.64. The molecule has 2 heterocycles. The van der Waals surface area contributed by atoms with Crippen LogP contribution in [0.15, 0.2) is 88.3 Å². The van der Waals surface area contributed by atoms with Crippen LogP contribution in [0, 0.1) is 0 Å². The van der Waals surface area contributed by atoms with E-state index in [0.717, 1.165) is 17.7 Å². The first-order valence-corrected chi connectivity index (χ1v) is 11.8. The Morgan fingerprint density at radius 3 is 2.24 bits per heavy atom. The first-order chi connectivity index (χ1) is 17.5. The maximum atomic E-state index is 13.4.